The molecule has 0 saturated heterocycles. The number of hydrogen-bond donors (Lipinski definition) is 2. The van der Waals surface area contributed by atoms with E-state index in [1.54, 1.807) is 19.2 Å². The first-order valence-corrected chi connectivity index (χ1v) is 5.22. The zero-order valence-corrected chi connectivity index (χ0v) is 9.77. The Morgan fingerprint density at radius 1 is 1.18 bits per heavy atom. The minimum atomic E-state index is -0.190. The van der Waals surface area contributed by atoms with Crippen molar-refractivity contribution in [1.82, 2.24) is 0 Å². The second-order valence-corrected chi connectivity index (χ2v) is 3.43. The van der Waals surface area contributed by atoms with Gasteiger partial charge in [-0.05, 0) is 12.1 Å². The van der Waals surface area contributed by atoms with Crippen molar-refractivity contribution in [3.63, 3.8) is 0 Å². The molecular weight excluding hydrogens is 220 g/mol. The van der Waals surface area contributed by atoms with Gasteiger partial charge in [-0.3, -0.25) is 0 Å². The standard InChI is InChI=1S/C13H16O4/c1-3-10-6-11(8-14)13(12(7-10)9-15)17-5-4-16-2/h1,6-7,14-15H,4-5,8-9H2,2H3. The Bertz CT molecular complexity index is 381. The monoisotopic (exact) mass is 236 g/mol. The Kier molecular flexibility index (Phi) is 5.50. The molecule has 0 aromatic heterocycles. The van der Waals surface area contributed by atoms with Gasteiger partial charge in [-0.2, -0.15) is 0 Å². The van der Waals surface area contributed by atoms with E-state index >= 15 is 0 Å². The van der Waals surface area contributed by atoms with Gasteiger partial charge in [0.05, 0.1) is 19.8 Å². The van der Waals surface area contributed by atoms with Gasteiger partial charge in [0.15, 0.2) is 0 Å². The molecule has 4 heteroatoms. The van der Waals surface area contributed by atoms with E-state index in [1.165, 1.54) is 0 Å². The highest BCUT2D eigenvalue weighted by Gasteiger charge is 2.10. The van der Waals surface area contributed by atoms with E-state index in [0.717, 1.165) is 0 Å². The van der Waals surface area contributed by atoms with Gasteiger partial charge in [0, 0.05) is 23.8 Å². The third-order valence-corrected chi connectivity index (χ3v) is 2.28. The van der Waals surface area contributed by atoms with Crippen LogP contribution in [0.1, 0.15) is 16.7 Å². The normalized spacial score (nSPS) is 10.0. The summed E-state index contributed by atoms with van der Waals surface area (Å²) in [4.78, 5) is 0. The Balaban J connectivity index is 3.03. The van der Waals surface area contributed by atoms with Crippen molar-refractivity contribution >= 4 is 0 Å². The lowest BCUT2D eigenvalue weighted by Gasteiger charge is -2.14. The summed E-state index contributed by atoms with van der Waals surface area (Å²) in [5, 5.41) is 18.5. The fraction of sp³-hybridized carbons (Fsp3) is 0.385. The van der Waals surface area contributed by atoms with Crippen LogP contribution in [0.3, 0.4) is 0 Å². The van der Waals surface area contributed by atoms with Crippen LogP contribution < -0.4 is 4.74 Å². The molecule has 0 bridgehead atoms. The van der Waals surface area contributed by atoms with Crippen molar-refractivity contribution in [1.29, 1.82) is 0 Å². The Morgan fingerprint density at radius 3 is 2.18 bits per heavy atom. The maximum Gasteiger partial charge on any atom is 0.130 e. The van der Waals surface area contributed by atoms with Gasteiger partial charge >= 0.3 is 0 Å². The van der Waals surface area contributed by atoms with Gasteiger partial charge in [-0.15, -0.1) is 6.42 Å². The van der Waals surface area contributed by atoms with Crippen LogP contribution in [0.25, 0.3) is 0 Å². The second kappa shape index (κ2) is 6.92. The number of methoxy groups -OCH3 is 1. The van der Waals surface area contributed by atoms with Gasteiger partial charge in [-0.25, -0.2) is 0 Å². The molecule has 0 radical (unpaired) electrons. The molecular formula is C13H16O4. The van der Waals surface area contributed by atoms with Gasteiger partial charge in [-0.1, -0.05) is 5.92 Å². The first kappa shape index (κ1) is 13.5. The summed E-state index contributed by atoms with van der Waals surface area (Å²) in [5.74, 6) is 2.95. The van der Waals surface area contributed by atoms with Crippen LogP contribution in [-0.2, 0) is 18.0 Å². The maximum absolute atomic E-state index is 9.25. The lowest BCUT2D eigenvalue weighted by atomic mass is 10.0. The largest absolute Gasteiger partial charge is 0.490 e. The number of aliphatic hydroxyl groups is 2. The van der Waals surface area contributed by atoms with Crippen molar-refractivity contribution in [2.24, 2.45) is 0 Å². The molecule has 0 aliphatic heterocycles. The lowest BCUT2D eigenvalue weighted by Crippen LogP contribution is -2.08. The molecule has 1 rings (SSSR count). The highest BCUT2D eigenvalue weighted by molar-refractivity contribution is 5.48. The number of aliphatic hydroxyl groups excluding tert-OH is 2. The van der Waals surface area contributed by atoms with E-state index in [1.807, 2.05) is 0 Å². The maximum atomic E-state index is 9.25. The topological polar surface area (TPSA) is 58.9 Å². The van der Waals surface area contributed by atoms with Crippen molar-refractivity contribution in [3.05, 3.63) is 28.8 Å². The molecule has 0 unspecified atom stereocenters. The third-order valence-electron chi connectivity index (χ3n) is 2.28. The van der Waals surface area contributed by atoms with Crippen LogP contribution in [0.2, 0.25) is 0 Å². The van der Waals surface area contributed by atoms with Gasteiger partial charge in [0.25, 0.3) is 0 Å². The number of ether oxygens (including phenoxy) is 2. The molecule has 0 spiro atoms. The summed E-state index contributed by atoms with van der Waals surface area (Å²) in [6, 6.07) is 3.34. The number of benzene rings is 1. The summed E-state index contributed by atoms with van der Waals surface area (Å²) in [7, 11) is 1.57. The zero-order chi connectivity index (χ0) is 12.7. The van der Waals surface area contributed by atoms with Gasteiger partial charge in [0.1, 0.15) is 12.4 Å². The predicted molar refractivity (Wildman–Crippen MR) is 63.6 cm³/mol. The molecule has 17 heavy (non-hydrogen) atoms. The second-order valence-electron chi connectivity index (χ2n) is 3.43. The summed E-state index contributed by atoms with van der Waals surface area (Å²) in [6.45, 7) is 0.411. The van der Waals surface area contributed by atoms with Crippen molar-refractivity contribution in [2.45, 2.75) is 13.2 Å². The molecule has 0 amide bonds. The molecule has 0 heterocycles. The molecule has 0 fully saturated rings. The minimum Gasteiger partial charge on any atom is -0.490 e. The quantitative estimate of drug-likeness (QED) is 0.563. The molecule has 0 aliphatic carbocycles. The summed E-state index contributed by atoms with van der Waals surface area (Å²) >= 11 is 0. The van der Waals surface area contributed by atoms with Gasteiger partial charge < -0.3 is 19.7 Å². The van der Waals surface area contributed by atoms with Crippen LogP contribution in [0, 0.1) is 12.3 Å². The fourth-order valence-corrected chi connectivity index (χ4v) is 1.49. The van der Waals surface area contributed by atoms with Crippen LogP contribution in [-0.4, -0.2) is 30.5 Å². The highest BCUT2D eigenvalue weighted by Crippen LogP contribution is 2.26. The fourth-order valence-electron chi connectivity index (χ4n) is 1.49. The smallest absolute Gasteiger partial charge is 0.130 e. The van der Waals surface area contributed by atoms with Crippen LogP contribution in [0.4, 0.5) is 0 Å². The molecule has 2 N–H and O–H groups in total. The molecule has 0 aliphatic rings. The van der Waals surface area contributed by atoms with Crippen LogP contribution >= 0.6 is 0 Å². The van der Waals surface area contributed by atoms with Crippen molar-refractivity contribution in [2.75, 3.05) is 20.3 Å². The zero-order valence-electron chi connectivity index (χ0n) is 9.77. The molecule has 4 nitrogen and oxygen atoms in total. The van der Waals surface area contributed by atoms with E-state index in [9.17, 15) is 10.2 Å². The Labute approximate surface area is 101 Å². The average molecular weight is 236 g/mol. The number of hydrogen-bond acceptors (Lipinski definition) is 4. The summed E-state index contributed by atoms with van der Waals surface area (Å²) in [6.07, 6.45) is 5.29. The lowest BCUT2D eigenvalue weighted by molar-refractivity contribution is 0.142. The first-order valence-electron chi connectivity index (χ1n) is 5.22. The third kappa shape index (κ3) is 3.46. The molecule has 0 saturated carbocycles. The van der Waals surface area contributed by atoms with E-state index in [0.29, 0.717) is 35.7 Å². The number of rotatable bonds is 6. The van der Waals surface area contributed by atoms with E-state index in [4.69, 9.17) is 15.9 Å². The minimum absolute atomic E-state index is 0.190. The van der Waals surface area contributed by atoms with Crippen molar-refractivity contribution < 1.29 is 19.7 Å². The van der Waals surface area contributed by atoms with E-state index in [2.05, 4.69) is 5.92 Å². The van der Waals surface area contributed by atoms with Crippen LogP contribution in [0.15, 0.2) is 12.1 Å². The van der Waals surface area contributed by atoms with E-state index < -0.39 is 0 Å². The van der Waals surface area contributed by atoms with Crippen LogP contribution in [0.5, 0.6) is 5.75 Å². The molecule has 92 valence electrons. The average Bonchev–Trinajstić information content (AvgIpc) is 2.38. The Morgan fingerprint density at radius 2 is 1.76 bits per heavy atom. The van der Waals surface area contributed by atoms with Gasteiger partial charge in [0.2, 0.25) is 0 Å². The SMILES string of the molecule is C#Cc1cc(CO)c(OCCOC)c(CO)c1. The van der Waals surface area contributed by atoms with E-state index in [-0.39, 0.29) is 13.2 Å². The molecule has 0 atom stereocenters. The highest BCUT2D eigenvalue weighted by atomic mass is 16.5. The number of terminal acetylenes is 1. The molecule has 1 aromatic carbocycles. The van der Waals surface area contributed by atoms with Crippen molar-refractivity contribution in [3.8, 4) is 18.1 Å². The summed E-state index contributed by atoms with van der Waals surface area (Å²) < 4.78 is 10.3. The molecule has 1 aromatic rings. The summed E-state index contributed by atoms with van der Waals surface area (Å²) in [5.41, 5.74) is 1.75. The first-order chi connectivity index (χ1) is 8.26. The Hall–Kier alpha value is -1.54. The predicted octanol–water partition coefficient (Wildman–Crippen LogP) is 0.678.